The van der Waals surface area contributed by atoms with E-state index >= 15 is 0 Å². The van der Waals surface area contributed by atoms with Crippen LogP contribution in [-0.4, -0.2) is 35.1 Å². The van der Waals surface area contributed by atoms with Gasteiger partial charge in [-0.25, -0.2) is 0 Å². The van der Waals surface area contributed by atoms with Crippen molar-refractivity contribution < 1.29 is 9.90 Å². The van der Waals surface area contributed by atoms with Gasteiger partial charge in [-0.15, -0.1) is 0 Å². The van der Waals surface area contributed by atoms with E-state index in [0.29, 0.717) is 19.0 Å². The van der Waals surface area contributed by atoms with Crippen LogP contribution in [-0.2, 0) is 4.79 Å². The monoisotopic (exact) mass is 276 g/mol. The molecule has 1 aromatic rings. The number of hydrogen-bond acceptors (Lipinski definition) is 3. The molecule has 0 heterocycles. The summed E-state index contributed by atoms with van der Waals surface area (Å²) in [6.07, 6.45) is 3.89. The van der Waals surface area contributed by atoms with Crippen molar-refractivity contribution in [1.82, 2.24) is 4.90 Å². The van der Waals surface area contributed by atoms with Crippen LogP contribution in [0.1, 0.15) is 42.9 Å². The Hall–Kier alpha value is -1.39. The van der Waals surface area contributed by atoms with Gasteiger partial charge in [-0.3, -0.25) is 4.79 Å². The summed E-state index contributed by atoms with van der Waals surface area (Å²) in [4.78, 5) is 14.5. The fourth-order valence-corrected chi connectivity index (χ4v) is 2.51. The molecule has 0 spiro atoms. The van der Waals surface area contributed by atoms with Gasteiger partial charge < -0.3 is 15.7 Å². The number of aryl methyl sites for hydroxylation is 1. The zero-order chi connectivity index (χ0) is 14.5. The van der Waals surface area contributed by atoms with Gasteiger partial charge in [0.05, 0.1) is 0 Å². The third-order valence-corrected chi connectivity index (χ3v) is 4.06. The lowest BCUT2D eigenvalue weighted by Gasteiger charge is -2.39. The Labute approximate surface area is 120 Å². The van der Waals surface area contributed by atoms with Crippen molar-refractivity contribution in [1.29, 1.82) is 0 Å². The summed E-state index contributed by atoms with van der Waals surface area (Å²) in [7, 11) is 0. The van der Waals surface area contributed by atoms with E-state index in [1.807, 2.05) is 36.1 Å². The second kappa shape index (κ2) is 6.86. The summed E-state index contributed by atoms with van der Waals surface area (Å²) in [5.74, 6) is -0.0213. The molecule has 1 atom stereocenters. The average Bonchev–Trinajstić information content (AvgIpc) is 2.40. The molecular formula is C16H24N2O2. The quantitative estimate of drug-likeness (QED) is 0.832. The molecule has 110 valence electrons. The number of amides is 1. The fourth-order valence-electron chi connectivity index (χ4n) is 2.51. The molecule has 0 aromatic heterocycles. The number of aliphatic hydroxyl groups is 1. The lowest BCUT2D eigenvalue weighted by atomic mass is 9.90. The van der Waals surface area contributed by atoms with Crippen LogP contribution in [0.15, 0.2) is 24.3 Å². The number of carbonyl (C=O) groups is 1. The maximum atomic E-state index is 12.6. The summed E-state index contributed by atoms with van der Waals surface area (Å²) in [5.41, 5.74) is 8.14. The predicted octanol–water partition coefficient (Wildman–Crippen LogP) is 1.76. The van der Waals surface area contributed by atoms with Crippen LogP contribution in [0, 0.1) is 6.92 Å². The molecule has 0 radical (unpaired) electrons. The molecule has 0 saturated heterocycles. The molecule has 1 unspecified atom stereocenters. The third-order valence-electron chi connectivity index (χ3n) is 4.06. The highest BCUT2D eigenvalue weighted by Gasteiger charge is 2.31. The highest BCUT2D eigenvalue weighted by atomic mass is 16.3. The van der Waals surface area contributed by atoms with E-state index in [4.69, 9.17) is 10.8 Å². The van der Waals surface area contributed by atoms with E-state index in [1.54, 1.807) is 0 Å². The molecule has 20 heavy (non-hydrogen) atoms. The molecule has 4 nitrogen and oxygen atoms in total. The van der Waals surface area contributed by atoms with Crippen LogP contribution < -0.4 is 5.73 Å². The number of hydrogen-bond donors (Lipinski definition) is 2. The molecule has 1 aliphatic rings. The average molecular weight is 276 g/mol. The zero-order valence-electron chi connectivity index (χ0n) is 12.1. The van der Waals surface area contributed by atoms with Gasteiger partial charge in [0.1, 0.15) is 6.04 Å². The minimum atomic E-state index is -0.602. The first-order chi connectivity index (χ1) is 9.63. The normalized spacial score (nSPS) is 16.6. The first kappa shape index (κ1) is 15.0. The lowest BCUT2D eigenvalue weighted by Crippen LogP contribution is -2.48. The van der Waals surface area contributed by atoms with Crippen molar-refractivity contribution in [2.24, 2.45) is 5.73 Å². The van der Waals surface area contributed by atoms with E-state index in [2.05, 4.69) is 0 Å². The largest absolute Gasteiger partial charge is 0.396 e. The van der Waals surface area contributed by atoms with Crippen molar-refractivity contribution >= 4 is 5.91 Å². The topological polar surface area (TPSA) is 66.6 Å². The zero-order valence-corrected chi connectivity index (χ0v) is 12.1. The Morgan fingerprint density at radius 1 is 1.40 bits per heavy atom. The molecule has 4 heteroatoms. The second-order valence-electron chi connectivity index (χ2n) is 5.58. The third kappa shape index (κ3) is 3.38. The van der Waals surface area contributed by atoms with Gasteiger partial charge in [0.15, 0.2) is 0 Å². The van der Waals surface area contributed by atoms with Gasteiger partial charge in [0, 0.05) is 19.2 Å². The number of rotatable bonds is 6. The first-order valence-electron chi connectivity index (χ1n) is 7.37. The molecule has 1 amide bonds. The SMILES string of the molecule is Cc1ccc(C(N)C(=O)N(CCCO)C2CCC2)cc1. The minimum absolute atomic E-state index is 0.0213. The van der Waals surface area contributed by atoms with E-state index in [9.17, 15) is 4.79 Å². The molecule has 2 rings (SSSR count). The number of nitrogens with two attached hydrogens (primary N) is 1. The highest BCUT2D eigenvalue weighted by molar-refractivity contribution is 5.83. The smallest absolute Gasteiger partial charge is 0.244 e. The van der Waals surface area contributed by atoms with Gasteiger partial charge in [-0.05, 0) is 38.2 Å². The number of aliphatic hydroxyl groups excluding tert-OH is 1. The Morgan fingerprint density at radius 2 is 2.05 bits per heavy atom. The molecular weight excluding hydrogens is 252 g/mol. The van der Waals surface area contributed by atoms with Gasteiger partial charge in [-0.1, -0.05) is 29.8 Å². The van der Waals surface area contributed by atoms with Crippen LogP contribution >= 0.6 is 0 Å². The van der Waals surface area contributed by atoms with Crippen LogP contribution in [0.3, 0.4) is 0 Å². The Kier molecular flexibility index (Phi) is 5.15. The molecule has 3 N–H and O–H groups in total. The van der Waals surface area contributed by atoms with Crippen molar-refractivity contribution in [3.63, 3.8) is 0 Å². The van der Waals surface area contributed by atoms with Crippen molar-refractivity contribution in [3.8, 4) is 0 Å². The van der Waals surface area contributed by atoms with Gasteiger partial charge >= 0.3 is 0 Å². The van der Waals surface area contributed by atoms with Gasteiger partial charge in [0.25, 0.3) is 0 Å². The van der Waals surface area contributed by atoms with Crippen molar-refractivity contribution in [2.45, 2.75) is 44.7 Å². The van der Waals surface area contributed by atoms with Crippen LogP contribution in [0.25, 0.3) is 0 Å². The lowest BCUT2D eigenvalue weighted by molar-refractivity contribution is -0.137. The predicted molar refractivity (Wildman–Crippen MR) is 79.2 cm³/mol. The number of carbonyl (C=O) groups excluding carboxylic acids is 1. The minimum Gasteiger partial charge on any atom is -0.396 e. The summed E-state index contributed by atoms with van der Waals surface area (Å²) in [5, 5.41) is 8.99. The standard InChI is InChI=1S/C16H24N2O2/c1-12-6-8-13(9-7-12)15(17)16(20)18(10-3-11-19)14-4-2-5-14/h6-9,14-15,19H,2-5,10-11,17H2,1H3. The Bertz CT molecular complexity index is 440. The molecule has 1 aliphatic carbocycles. The molecule has 1 fully saturated rings. The van der Waals surface area contributed by atoms with Crippen LogP contribution in [0.4, 0.5) is 0 Å². The second-order valence-corrected chi connectivity index (χ2v) is 5.58. The number of nitrogens with zero attached hydrogens (tertiary/aromatic N) is 1. The maximum Gasteiger partial charge on any atom is 0.244 e. The van der Waals surface area contributed by atoms with Crippen molar-refractivity contribution in [3.05, 3.63) is 35.4 Å². The fraction of sp³-hybridized carbons (Fsp3) is 0.562. The van der Waals surface area contributed by atoms with E-state index in [-0.39, 0.29) is 12.5 Å². The summed E-state index contributed by atoms with van der Waals surface area (Å²) in [6, 6.07) is 7.50. The molecule has 0 bridgehead atoms. The first-order valence-corrected chi connectivity index (χ1v) is 7.37. The Balaban J connectivity index is 2.07. The highest BCUT2D eigenvalue weighted by Crippen LogP contribution is 2.27. The Morgan fingerprint density at radius 3 is 2.55 bits per heavy atom. The van der Waals surface area contributed by atoms with Crippen LogP contribution in [0.2, 0.25) is 0 Å². The van der Waals surface area contributed by atoms with Crippen LogP contribution in [0.5, 0.6) is 0 Å². The van der Waals surface area contributed by atoms with E-state index in [1.165, 1.54) is 6.42 Å². The van der Waals surface area contributed by atoms with Crippen molar-refractivity contribution in [2.75, 3.05) is 13.2 Å². The van der Waals surface area contributed by atoms with Gasteiger partial charge in [0.2, 0.25) is 5.91 Å². The molecule has 1 aromatic carbocycles. The number of benzene rings is 1. The summed E-state index contributed by atoms with van der Waals surface area (Å²) < 4.78 is 0. The molecule has 0 aliphatic heterocycles. The molecule has 1 saturated carbocycles. The van der Waals surface area contributed by atoms with E-state index < -0.39 is 6.04 Å². The summed E-state index contributed by atoms with van der Waals surface area (Å²) >= 11 is 0. The van der Waals surface area contributed by atoms with Gasteiger partial charge in [-0.2, -0.15) is 0 Å². The van der Waals surface area contributed by atoms with E-state index in [0.717, 1.165) is 24.0 Å². The maximum absolute atomic E-state index is 12.6. The summed E-state index contributed by atoms with van der Waals surface area (Å²) in [6.45, 7) is 2.72.